The lowest BCUT2D eigenvalue weighted by atomic mass is 10.1. The molecule has 0 heterocycles. The molecule has 0 saturated heterocycles. The maximum Gasteiger partial charge on any atom is 0.251 e. The molecule has 3 heteroatoms. The van der Waals surface area contributed by atoms with Gasteiger partial charge in [0.15, 0.2) is 0 Å². The van der Waals surface area contributed by atoms with Crippen LogP contribution in [-0.4, -0.2) is 12.5 Å². The Labute approximate surface area is 97.0 Å². The Morgan fingerprint density at radius 1 is 1.38 bits per heavy atom. The van der Waals surface area contributed by atoms with Gasteiger partial charge in [-0.25, -0.2) is 0 Å². The van der Waals surface area contributed by atoms with Crippen molar-refractivity contribution in [2.24, 2.45) is 0 Å². The number of nitrogen functional groups attached to an aromatic ring is 1. The Balaban J connectivity index is 2.50. The van der Waals surface area contributed by atoms with Gasteiger partial charge in [0.2, 0.25) is 0 Å². The van der Waals surface area contributed by atoms with Crippen molar-refractivity contribution in [3.8, 4) is 0 Å². The van der Waals surface area contributed by atoms with Crippen LogP contribution in [0.25, 0.3) is 0 Å². The topological polar surface area (TPSA) is 55.1 Å². The number of nitrogens with two attached hydrogens (primary N) is 1. The van der Waals surface area contributed by atoms with E-state index in [1.807, 2.05) is 13.0 Å². The lowest BCUT2D eigenvalue weighted by Gasteiger charge is -2.06. The van der Waals surface area contributed by atoms with Crippen LogP contribution in [0.1, 0.15) is 42.1 Å². The molecule has 1 aromatic carbocycles. The minimum atomic E-state index is -0.0391. The van der Waals surface area contributed by atoms with Crippen molar-refractivity contribution in [3.63, 3.8) is 0 Å². The summed E-state index contributed by atoms with van der Waals surface area (Å²) in [6, 6.07) is 5.40. The lowest BCUT2D eigenvalue weighted by Crippen LogP contribution is -2.24. The number of carbonyl (C=O) groups is 1. The highest BCUT2D eigenvalue weighted by molar-refractivity contribution is 5.95. The van der Waals surface area contributed by atoms with Crippen molar-refractivity contribution in [2.75, 3.05) is 12.3 Å². The molecule has 0 aliphatic carbocycles. The predicted molar refractivity (Wildman–Crippen MR) is 67.4 cm³/mol. The average molecular weight is 220 g/mol. The number of hydrogen-bond donors (Lipinski definition) is 2. The SMILES string of the molecule is CCCCCNC(=O)c1ccc(C)c(N)c1. The molecule has 3 N–H and O–H groups in total. The summed E-state index contributed by atoms with van der Waals surface area (Å²) >= 11 is 0. The zero-order valence-electron chi connectivity index (χ0n) is 10.0. The van der Waals surface area contributed by atoms with E-state index in [9.17, 15) is 4.79 Å². The van der Waals surface area contributed by atoms with E-state index >= 15 is 0 Å². The van der Waals surface area contributed by atoms with Crippen LogP contribution in [0.15, 0.2) is 18.2 Å². The maximum atomic E-state index is 11.7. The number of aryl methyl sites for hydroxylation is 1. The van der Waals surface area contributed by atoms with Gasteiger partial charge in [-0.15, -0.1) is 0 Å². The molecule has 0 aliphatic rings. The fourth-order valence-corrected chi connectivity index (χ4v) is 1.46. The zero-order valence-corrected chi connectivity index (χ0v) is 10.0. The van der Waals surface area contributed by atoms with E-state index in [1.165, 1.54) is 0 Å². The standard InChI is InChI=1S/C13H20N2O/c1-3-4-5-8-15-13(16)11-7-6-10(2)12(14)9-11/h6-7,9H,3-5,8,14H2,1-2H3,(H,15,16). The molecule has 16 heavy (non-hydrogen) atoms. The predicted octanol–water partition coefficient (Wildman–Crippen LogP) is 2.50. The number of unbranched alkanes of at least 4 members (excludes halogenated alkanes) is 2. The molecule has 0 saturated carbocycles. The van der Waals surface area contributed by atoms with E-state index in [0.717, 1.165) is 31.4 Å². The van der Waals surface area contributed by atoms with Crippen LogP contribution in [0.3, 0.4) is 0 Å². The number of amides is 1. The van der Waals surface area contributed by atoms with Gasteiger partial charge in [-0.2, -0.15) is 0 Å². The largest absolute Gasteiger partial charge is 0.398 e. The summed E-state index contributed by atoms with van der Waals surface area (Å²) in [7, 11) is 0. The summed E-state index contributed by atoms with van der Waals surface area (Å²) in [6.45, 7) is 4.81. The summed E-state index contributed by atoms with van der Waals surface area (Å²) in [5, 5.41) is 2.89. The van der Waals surface area contributed by atoms with Crippen molar-refractivity contribution in [1.82, 2.24) is 5.32 Å². The minimum Gasteiger partial charge on any atom is -0.398 e. The van der Waals surface area contributed by atoms with Crippen LogP contribution in [0.5, 0.6) is 0 Å². The molecule has 88 valence electrons. The van der Waals surface area contributed by atoms with Crippen LogP contribution < -0.4 is 11.1 Å². The van der Waals surface area contributed by atoms with Gasteiger partial charge in [0, 0.05) is 17.8 Å². The van der Waals surface area contributed by atoms with E-state index in [0.29, 0.717) is 11.3 Å². The molecule has 0 bridgehead atoms. The number of carbonyl (C=O) groups excluding carboxylic acids is 1. The number of anilines is 1. The average Bonchev–Trinajstić information content (AvgIpc) is 2.28. The number of hydrogen-bond acceptors (Lipinski definition) is 2. The smallest absolute Gasteiger partial charge is 0.251 e. The molecule has 0 aliphatic heterocycles. The summed E-state index contributed by atoms with van der Waals surface area (Å²) in [4.78, 5) is 11.7. The second-order valence-electron chi connectivity index (χ2n) is 4.03. The number of rotatable bonds is 5. The number of benzene rings is 1. The molecule has 0 aromatic heterocycles. The Kier molecular flexibility index (Phi) is 4.83. The van der Waals surface area contributed by atoms with E-state index < -0.39 is 0 Å². The van der Waals surface area contributed by atoms with E-state index in [-0.39, 0.29) is 5.91 Å². The van der Waals surface area contributed by atoms with Crippen LogP contribution in [0.4, 0.5) is 5.69 Å². The molecule has 0 radical (unpaired) electrons. The molecule has 0 fully saturated rings. The minimum absolute atomic E-state index is 0.0391. The van der Waals surface area contributed by atoms with Crippen molar-refractivity contribution in [1.29, 1.82) is 0 Å². The normalized spacial score (nSPS) is 10.1. The van der Waals surface area contributed by atoms with Crippen LogP contribution in [-0.2, 0) is 0 Å². The maximum absolute atomic E-state index is 11.7. The van der Waals surface area contributed by atoms with Crippen molar-refractivity contribution in [3.05, 3.63) is 29.3 Å². The third-order valence-corrected chi connectivity index (χ3v) is 2.61. The summed E-state index contributed by atoms with van der Waals surface area (Å²) in [5.74, 6) is -0.0391. The highest BCUT2D eigenvalue weighted by Gasteiger charge is 2.05. The van der Waals surface area contributed by atoms with Crippen molar-refractivity contribution >= 4 is 11.6 Å². The summed E-state index contributed by atoms with van der Waals surface area (Å²) in [5.41, 5.74) is 8.06. The molecular weight excluding hydrogens is 200 g/mol. The third-order valence-electron chi connectivity index (χ3n) is 2.61. The Morgan fingerprint density at radius 2 is 2.12 bits per heavy atom. The van der Waals surface area contributed by atoms with Gasteiger partial charge < -0.3 is 11.1 Å². The van der Waals surface area contributed by atoms with Gasteiger partial charge in [-0.05, 0) is 31.0 Å². The molecule has 3 nitrogen and oxygen atoms in total. The van der Waals surface area contributed by atoms with Crippen molar-refractivity contribution < 1.29 is 4.79 Å². The first-order valence-electron chi connectivity index (χ1n) is 5.79. The second kappa shape index (κ2) is 6.16. The van der Waals surface area contributed by atoms with Crippen molar-refractivity contribution in [2.45, 2.75) is 33.1 Å². The van der Waals surface area contributed by atoms with Crippen LogP contribution >= 0.6 is 0 Å². The van der Waals surface area contributed by atoms with Crippen LogP contribution in [0, 0.1) is 6.92 Å². The quantitative estimate of drug-likeness (QED) is 0.591. The highest BCUT2D eigenvalue weighted by Crippen LogP contribution is 2.12. The second-order valence-corrected chi connectivity index (χ2v) is 4.03. The van der Waals surface area contributed by atoms with Gasteiger partial charge in [0.05, 0.1) is 0 Å². The Morgan fingerprint density at radius 3 is 2.75 bits per heavy atom. The summed E-state index contributed by atoms with van der Waals surface area (Å²) < 4.78 is 0. The lowest BCUT2D eigenvalue weighted by molar-refractivity contribution is 0.0953. The van der Waals surface area contributed by atoms with Gasteiger partial charge in [0.25, 0.3) is 5.91 Å². The fourth-order valence-electron chi connectivity index (χ4n) is 1.46. The number of nitrogens with one attached hydrogen (secondary N) is 1. The molecular formula is C13H20N2O. The molecule has 0 atom stereocenters. The summed E-state index contributed by atoms with van der Waals surface area (Å²) in [6.07, 6.45) is 3.34. The molecule has 1 aromatic rings. The molecule has 1 rings (SSSR count). The molecule has 1 amide bonds. The van der Waals surface area contributed by atoms with E-state index in [4.69, 9.17) is 5.73 Å². The fraction of sp³-hybridized carbons (Fsp3) is 0.462. The van der Waals surface area contributed by atoms with Gasteiger partial charge in [-0.3, -0.25) is 4.79 Å². The van der Waals surface area contributed by atoms with E-state index in [2.05, 4.69) is 12.2 Å². The van der Waals surface area contributed by atoms with Gasteiger partial charge in [0.1, 0.15) is 0 Å². The van der Waals surface area contributed by atoms with Gasteiger partial charge in [-0.1, -0.05) is 25.8 Å². The molecule has 0 spiro atoms. The third kappa shape index (κ3) is 3.57. The Hall–Kier alpha value is -1.51. The van der Waals surface area contributed by atoms with Crippen LogP contribution in [0.2, 0.25) is 0 Å². The van der Waals surface area contributed by atoms with E-state index in [1.54, 1.807) is 12.1 Å². The molecule has 0 unspecified atom stereocenters. The zero-order chi connectivity index (χ0) is 12.0. The first-order valence-corrected chi connectivity index (χ1v) is 5.79. The first kappa shape index (κ1) is 12.6. The highest BCUT2D eigenvalue weighted by atomic mass is 16.1. The Bertz CT molecular complexity index is 361. The van der Waals surface area contributed by atoms with Gasteiger partial charge >= 0.3 is 0 Å². The first-order chi connectivity index (χ1) is 7.65. The monoisotopic (exact) mass is 220 g/mol.